The van der Waals surface area contributed by atoms with Gasteiger partial charge in [0.25, 0.3) is 5.69 Å². The van der Waals surface area contributed by atoms with E-state index in [4.69, 9.17) is 9.15 Å². The zero-order valence-electron chi connectivity index (χ0n) is 11.3. The minimum absolute atomic E-state index is 0.102. The second-order valence-electron chi connectivity index (χ2n) is 4.29. The van der Waals surface area contributed by atoms with Crippen molar-refractivity contribution < 1.29 is 18.9 Å². The van der Waals surface area contributed by atoms with E-state index < -0.39 is 16.3 Å². The summed E-state index contributed by atoms with van der Waals surface area (Å²) in [5.74, 6) is -0.212. The van der Waals surface area contributed by atoms with Gasteiger partial charge in [0.1, 0.15) is 22.8 Å². The third kappa shape index (κ3) is 3.14. The third-order valence-electron chi connectivity index (χ3n) is 2.71. The van der Waals surface area contributed by atoms with E-state index in [1.807, 2.05) is 0 Å². The van der Waals surface area contributed by atoms with Crippen LogP contribution in [0.25, 0.3) is 0 Å². The number of carbonyl (C=O) groups is 1. The Bertz CT molecular complexity index is 760. The number of hydrogen-bond acceptors (Lipinski definition) is 6. The summed E-state index contributed by atoms with van der Waals surface area (Å²) in [5.41, 5.74) is -0.817. The molecule has 0 atom stereocenters. The lowest BCUT2D eigenvalue weighted by atomic mass is 10.2. The van der Waals surface area contributed by atoms with Crippen molar-refractivity contribution in [2.45, 2.75) is 13.8 Å². The molecule has 0 bridgehead atoms. The monoisotopic (exact) mass is 289 g/mol. The van der Waals surface area contributed by atoms with E-state index in [1.54, 1.807) is 6.92 Å². The van der Waals surface area contributed by atoms with Crippen molar-refractivity contribution >= 4 is 11.7 Å². The van der Waals surface area contributed by atoms with Gasteiger partial charge in [-0.05, 0) is 26.0 Å². The lowest BCUT2D eigenvalue weighted by Crippen LogP contribution is -2.21. The predicted molar refractivity (Wildman–Crippen MR) is 72.5 cm³/mol. The summed E-state index contributed by atoms with van der Waals surface area (Å²) in [4.78, 5) is 33.7. The van der Waals surface area contributed by atoms with Crippen LogP contribution in [0.3, 0.4) is 0 Å². The van der Waals surface area contributed by atoms with Crippen molar-refractivity contribution in [2.75, 3.05) is 0 Å². The topological polar surface area (TPSA) is 99.7 Å². The van der Waals surface area contributed by atoms with E-state index in [2.05, 4.69) is 0 Å². The van der Waals surface area contributed by atoms with Crippen LogP contribution in [0.4, 0.5) is 5.69 Å². The fourth-order valence-corrected chi connectivity index (χ4v) is 1.79. The van der Waals surface area contributed by atoms with Gasteiger partial charge >= 0.3 is 5.97 Å². The highest BCUT2D eigenvalue weighted by Gasteiger charge is 2.18. The minimum Gasteiger partial charge on any atom is -0.465 e. The molecule has 0 saturated carbocycles. The molecule has 7 nitrogen and oxygen atoms in total. The molecule has 0 aliphatic heterocycles. The number of rotatable bonds is 3. The number of esters is 1. The van der Waals surface area contributed by atoms with Crippen LogP contribution in [-0.4, -0.2) is 10.9 Å². The van der Waals surface area contributed by atoms with Gasteiger partial charge < -0.3 is 9.15 Å². The number of benzene rings is 1. The molecule has 2 rings (SSSR count). The summed E-state index contributed by atoms with van der Waals surface area (Å²) >= 11 is 0. The normalized spacial score (nSPS) is 10.2. The average molecular weight is 289 g/mol. The molecule has 0 aliphatic rings. The molecule has 7 heteroatoms. The van der Waals surface area contributed by atoms with Crippen molar-refractivity contribution in [1.29, 1.82) is 0 Å². The van der Waals surface area contributed by atoms with E-state index >= 15 is 0 Å². The first-order valence-corrected chi connectivity index (χ1v) is 5.96. The molecule has 1 aromatic heterocycles. The first-order valence-electron chi connectivity index (χ1n) is 5.96. The van der Waals surface area contributed by atoms with Crippen molar-refractivity contribution in [3.8, 4) is 5.75 Å². The molecule has 0 aliphatic carbocycles. The Balaban J connectivity index is 2.26. The van der Waals surface area contributed by atoms with Crippen LogP contribution in [-0.2, 0) is 0 Å². The van der Waals surface area contributed by atoms with Gasteiger partial charge in [-0.2, -0.15) is 0 Å². The van der Waals surface area contributed by atoms with E-state index in [-0.39, 0.29) is 22.8 Å². The first-order chi connectivity index (χ1) is 9.88. The number of ether oxygens (including phenoxy) is 1. The maximum atomic E-state index is 12.0. The molecule has 0 amide bonds. The highest BCUT2D eigenvalue weighted by atomic mass is 16.6. The molecule has 0 saturated heterocycles. The second kappa shape index (κ2) is 5.58. The van der Waals surface area contributed by atoms with Crippen LogP contribution in [0.1, 0.15) is 21.9 Å². The standard InChI is InChI=1S/C14H11NO6/c1-8-7-12(16)13(9(2)20-8)14(17)21-11-5-3-10(4-6-11)15(18)19/h3-7H,1-2H3. The van der Waals surface area contributed by atoms with Crippen LogP contribution in [0.2, 0.25) is 0 Å². The Morgan fingerprint density at radius 1 is 1.24 bits per heavy atom. The van der Waals surface area contributed by atoms with E-state index in [1.165, 1.54) is 37.3 Å². The number of aryl methyl sites for hydroxylation is 2. The van der Waals surface area contributed by atoms with Gasteiger partial charge in [-0.25, -0.2) is 4.79 Å². The maximum Gasteiger partial charge on any atom is 0.351 e. The summed E-state index contributed by atoms with van der Waals surface area (Å²) in [6, 6.07) is 6.15. The molecule has 21 heavy (non-hydrogen) atoms. The van der Waals surface area contributed by atoms with Crippen LogP contribution in [0, 0.1) is 24.0 Å². The minimum atomic E-state index is -0.866. The second-order valence-corrected chi connectivity index (χ2v) is 4.29. The van der Waals surface area contributed by atoms with Gasteiger partial charge in [0, 0.05) is 18.2 Å². The zero-order valence-corrected chi connectivity index (χ0v) is 11.3. The molecule has 0 N–H and O–H groups in total. The summed E-state index contributed by atoms with van der Waals surface area (Å²) in [5, 5.41) is 10.5. The average Bonchev–Trinajstić information content (AvgIpc) is 2.37. The predicted octanol–water partition coefficient (Wildman–Crippen LogP) is 2.38. The first kappa shape index (κ1) is 14.4. The van der Waals surface area contributed by atoms with Gasteiger partial charge in [0.05, 0.1) is 4.92 Å². The molecule has 0 radical (unpaired) electrons. The van der Waals surface area contributed by atoms with Crippen molar-refractivity contribution in [2.24, 2.45) is 0 Å². The molecule has 0 fully saturated rings. The molecule has 1 aromatic carbocycles. The summed E-state index contributed by atoms with van der Waals surface area (Å²) in [6.45, 7) is 3.08. The van der Waals surface area contributed by atoms with Gasteiger partial charge in [-0.3, -0.25) is 14.9 Å². The molecular formula is C14H11NO6. The van der Waals surface area contributed by atoms with Crippen LogP contribution >= 0.6 is 0 Å². The SMILES string of the molecule is Cc1cc(=O)c(C(=O)Oc2ccc([N+](=O)[O-])cc2)c(C)o1. The number of nitro groups is 1. The Hall–Kier alpha value is -2.96. The molecule has 0 spiro atoms. The largest absolute Gasteiger partial charge is 0.465 e. The highest BCUT2D eigenvalue weighted by molar-refractivity contribution is 5.91. The quantitative estimate of drug-likeness (QED) is 0.372. The van der Waals surface area contributed by atoms with Gasteiger partial charge in [0.2, 0.25) is 0 Å². The maximum absolute atomic E-state index is 12.0. The smallest absolute Gasteiger partial charge is 0.351 e. The number of hydrogen-bond donors (Lipinski definition) is 0. The Morgan fingerprint density at radius 2 is 1.86 bits per heavy atom. The Morgan fingerprint density at radius 3 is 2.38 bits per heavy atom. The van der Waals surface area contributed by atoms with Crippen LogP contribution in [0.5, 0.6) is 5.75 Å². The van der Waals surface area contributed by atoms with Gasteiger partial charge in [0.15, 0.2) is 5.43 Å². The van der Waals surface area contributed by atoms with Crippen molar-refractivity contribution in [3.05, 3.63) is 67.8 Å². The lowest BCUT2D eigenvalue weighted by Gasteiger charge is -2.06. The molecule has 2 aromatic rings. The van der Waals surface area contributed by atoms with Gasteiger partial charge in [-0.15, -0.1) is 0 Å². The Kier molecular flexibility index (Phi) is 3.84. The highest BCUT2D eigenvalue weighted by Crippen LogP contribution is 2.18. The summed E-state index contributed by atoms with van der Waals surface area (Å²) in [6.07, 6.45) is 0. The van der Waals surface area contributed by atoms with Crippen molar-refractivity contribution in [1.82, 2.24) is 0 Å². The molecule has 0 unspecified atom stereocenters. The van der Waals surface area contributed by atoms with E-state index in [0.29, 0.717) is 5.76 Å². The van der Waals surface area contributed by atoms with E-state index in [9.17, 15) is 19.7 Å². The van der Waals surface area contributed by atoms with Crippen molar-refractivity contribution in [3.63, 3.8) is 0 Å². The van der Waals surface area contributed by atoms with Crippen LogP contribution < -0.4 is 10.2 Å². The number of nitro benzene ring substituents is 1. The fraction of sp³-hybridized carbons (Fsp3) is 0.143. The number of nitrogens with zero attached hydrogens (tertiary/aromatic N) is 1. The molecule has 108 valence electrons. The fourth-order valence-electron chi connectivity index (χ4n) is 1.79. The van der Waals surface area contributed by atoms with Gasteiger partial charge in [-0.1, -0.05) is 0 Å². The Labute approximate surface area is 118 Å². The van der Waals surface area contributed by atoms with Crippen LogP contribution in [0.15, 0.2) is 39.5 Å². The third-order valence-corrected chi connectivity index (χ3v) is 2.71. The number of carbonyl (C=O) groups excluding carboxylic acids is 1. The molecule has 1 heterocycles. The summed E-state index contributed by atoms with van der Waals surface area (Å²) in [7, 11) is 0. The zero-order chi connectivity index (χ0) is 15.6. The lowest BCUT2D eigenvalue weighted by molar-refractivity contribution is -0.384. The van der Waals surface area contributed by atoms with E-state index in [0.717, 1.165) is 0 Å². The summed E-state index contributed by atoms with van der Waals surface area (Å²) < 4.78 is 10.2. The molecular weight excluding hydrogens is 278 g/mol. The number of non-ortho nitro benzene ring substituents is 1.